The fourth-order valence-electron chi connectivity index (χ4n) is 2.43. The smallest absolute Gasteiger partial charge is 0.0898 e. The summed E-state index contributed by atoms with van der Waals surface area (Å²) >= 11 is 0. The molecule has 4 nitrogen and oxygen atoms in total. The molecule has 0 radical (unpaired) electrons. The van der Waals surface area contributed by atoms with Gasteiger partial charge in [0.2, 0.25) is 0 Å². The van der Waals surface area contributed by atoms with Gasteiger partial charge in [-0.1, -0.05) is 0 Å². The van der Waals surface area contributed by atoms with Crippen LogP contribution in [0.4, 0.5) is 0 Å². The quantitative estimate of drug-likeness (QED) is 0.744. The zero-order valence-corrected chi connectivity index (χ0v) is 12.0. The highest BCUT2D eigenvalue weighted by molar-refractivity contribution is 4.91. The van der Waals surface area contributed by atoms with Crippen LogP contribution in [0.2, 0.25) is 0 Å². The van der Waals surface area contributed by atoms with E-state index in [1.54, 1.807) is 0 Å². The van der Waals surface area contributed by atoms with Gasteiger partial charge in [0, 0.05) is 31.7 Å². The van der Waals surface area contributed by atoms with Crippen LogP contribution in [0.5, 0.6) is 0 Å². The minimum Gasteiger partial charge on any atom is -0.389 e. The molecule has 0 bridgehead atoms. The topological polar surface area (TPSA) is 44.7 Å². The second-order valence-electron chi connectivity index (χ2n) is 6.70. The van der Waals surface area contributed by atoms with Crippen molar-refractivity contribution < 1.29 is 9.84 Å². The zero-order valence-electron chi connectivity index (χ0n) is 12.0. The Morgan fingerprint density at radius 1 is 1.33 bits per heavy atom. The average Bonchev–Trinajstić information content (AvgIpc) is 3.03. The normalized spacial score (nSPS) is 27.7. The van der Waals surface area contributed by atoms with Crippen LogP contribution in [-0.2, 0) is 4.74 Å². The average molecular weight is 256 g/mol. The SMILES string of the molecule is CC(C)(C)OCC(O)CNC1CCN(C2CC2)C1. The molecule has 0 amide bonds. The standard InChI is InChI=1S/C14H28N2O2/c1-14(2,3)18-10-13(17)8-15-11-6-7-16(9-11)12-4-5-12/h11-13,15,17H,4-10H2,1-3H3. The number of rotatable bonds is 6. The molecule has 2 N–H and O–H groups in total. The number of ether oxygens (including phenoxy) is 1. The number of nitrogens with one attached hydrogen (secondary N) is 1. The molecule has 2 atom stereocenters. The summed E-state index contributed by atoms with van der Waals surface area (Å²) in [7, 11) is 0. The fraction of sp³-hybridized carbons (Fsp3) is 1.00. The molecule has 4 heteroatoms. The Morgan fingerprint density at radius 2 is 2.06 bits per heavy atom. The van der Waals surface area contributed by atoms with E-state index in [-0.39, 0.29) is 5.60 Å². The van der Waals surface area contributed by atoms with E-state index in [0.717, 1.165) is 12.6 Å². The highest BCUT2D eigenvalue weighted by atomic mass is 16.5. The minimum absolute atomic E-state index is 0.170. The maximum atomic E-state index is 9.86. The lowest BCUT2D eigenvalue weighted by molar-refractivity contribution is -0.0483. The number of hydrogen-bond acceptors (Lipinski definition) is 4. The van der Waals surface area contributed by atoms with Crippen LogP contribution in [0.25, 0.3) is 0 Å². The Hall–Kier alpha value is -0.160. The van der Waals surface area contributed by atoms with Gasteiger partial charge in [-0.25, -0.2) is 0 Å². The third-order valence-electron chi connectivity index (χ3n) is 3.63. The lowest BCUT2D eigenvalue weighted by Gasteiger charge is -2.23. The number of nitrogens with zero attached hydrogens (tertiary/aromatic N) is 1. The first-order chi connectivity index (χ1) is 8.44. The molecule has 0 aromatic carbocycles. The van der Waals surface area contributed by atoms with E-state index in [9.17, 15) is 5.11 Å². The van der Waals surface area contributed by atoms with Crippen molar-refractivity contribution in [3.8, 4) is 0 Å². The Balaban J connectivity index is 1.57. The van der Waals surface area contributed by atoms with Crippen molar-refractivity contribution in [2.24, 2.45) is 0 Å². The van der Waals surface area contributed by atoms with Crippen molar-refractivity contribution in [3.63, 3.8) is 0 Å². The molecule has 2 aliphatic rings. The number of hydrogen-bond donors (Lipinski definition) is 2. The first-order valence-corrected chi connectivity index (χ1v) is 7.23. The Morgan fingerprint density at radius 3 is 2.67 bits per heavy atom. The van der Waals surface area contributed by atoms with Crippen LogP contribution < -0.4 is 5.32 Å². The van der Waals surface area contributed by atoms with Crippen LogP contribution in [0.1, 0.15) is 40.0 Å². The molecule has 0 aromatic rings. The molecule has 18 heavy (non-hydrogen) atoms. The first kappa shape index (κ1) is 14.3. The van der Waals surface area contributed by atoms with E-state index >= 15 is 0 Å². The van der Waals surface area contributed by atoms with Crippen molar-refractivity contribution in [2.45, 2.75) is 63.8 Å². The first-order valence-electron chi connectivity index (χ1n) is 7.23. The van der Waals surface area contributed by atoms with Crippen LogP contribution in [0.3, 0.4) is 0 Å². The fourth-order valence-corrected chi connectivity index (χ4v) is 2.43. The summed E-state index contributed by atoms with van der Waals surface area (Å²) in [6.07, 6.45) is 3.58. The maximum Gasteiger partial charge on any atom is 0.0898 e. The van der Waals surface area contributed by atoms with Crippen molar-refractivity contribution in [1.82, 2.24) is 10.2 Å². The van der Waals surface area contributed by atoms with Gasteiger partial charge >= 0.3 is 0 Å². The van der Waals surface area contributed by atoms with Crippen molar-refractivity contribution in [1.29, 1.82) is 0 Å². The molecule has 1 saturated carbocycles. The number of aliphatic hydroxyl groups is 1. The van der Waals surface area contributed by atoms with Gasteiger partial charge in [-0.05, 0) is 40.0 Å². The maximum absolute atomic E-state index is 9.86. The van der Waals surface area contributed by atoms with Gasteiger partial charge in [0.1, 0.15) is 0 Å². The monoisotopic (exact) mass is 256 g/mol. The molecule has 1 heterocycles. The summed E-state index contributed by atoms with van der Waals surface area (Å²) in [6.45, 7) is 9.45. The van der Waals surface area contributed by atoms with Crippen molar-refractivity contribution in [2.75, 3.05) is 26.2 Å². The van der Waals surface area contributed by atoms with Crippen molar-refractivity contribution in [3.05, 3.63) is 0 Å². The molecule has 0 spiro atoms. The van der Waals surface area contributed by atoms with E-state index in [4.69, 9.17) is 4.74 Å². The number of likely N-dealkylation sites (tertiary alicyclic amines) is 1. The molecular weight excluding hydrogens is 228 g/mol. The van der Waals surface area contributed by atoms with Gasteiger partial charge in [0.25, 0.3) is 0 Å². The van der Waals surface area contributed by atoms with E-state index < -0.39 is 6.10 Å². The second-order valence-corrected chi connectivity index (χ2v) is 6.70. The van der Waals surface area contributed by atoms with Gasteiger partial charge in [0.05, 0.1) is 18.3 Å². The van der Waals surface area contributed by atoms with Crippen LogP contribution in [0, 0.1) is 0 Å². The van der Waals surface area contributed by atoms with E-state index in [1.165, 1.54) is 25.8 Å². The zero-order chi connectivity index (χ0) is 13.2. The number of aliphatic hydroxyl groups excluding tert-OH is 1. The highest BCUT2D eigenvalue weighted by Gasteiger charge is 2.34. The van der Waals surface area contributed by atoms with Gasteiger partial charge in [0.15, 0.2) is 0 Å². The summed E-state index contributed by atoms with van der Waals surface area (Å²) in [6, 6.07) is 1.42. The summed E-state index contributed by atoms with van der Waals surface area (Å²) in [5.74, 6) is 0. The molecular formula is C14H28N2O2. The molecule has 2 fully saturated rings. The third kappa shape index (κ3) is 4.84. The predicted molar refractivity (Wildman–Crippen MR) is 72.7 cm³/mol. The summed E-state index contributed by atoms with van der Waals surface area (Å²) < 4.78 is 5.58. The third-order valence-corrected chi connectivity index (χ3v) is 3.63. The highest BCUT2D eigenvalue weighted by Crippen LogP contribution is 2.29. The molecule has 1 aliphatic carbocycles. The lowest BCUT2D eigenvalue weighted by Crippen LogP contribution is -2.40. The predicted octanol–water partition coefficient (Wildman–Crippen LogP) is 0.989. The van der Waals surface area contributed by atoms with Gasteiger partial charge in [-0.3, -0.25) is 4.90 Å². The van der Waals surface area contributed by atoms with Gasteiger partial charge in [-0.2, -0.15) is 0 Å². The Labute approximate surface area is 111 Å². The Bertz CT molecular complexity index is 261. The molecule has 106 valence electrons. The van der Waals surface area contributed by atoms with E-state index in [0.29, 0.717) is 19.2 Å². The van der Waals surface area contributed by atoms with Gasteiger partial charge < -0.3 is 15.2 Å². The molecule has 1 aliphatic heterocycles. The molecule has 2 rings (SSSR count). The van der Waals surface area contributed by atoms with E-state index in [2.05, 4.69) is 10.2 Å². The molecule has 1 saturated heterocycles. The molecule has 2 unspecified atom stereocenters. The lowest BCUT2D eigenvalue weighted by atomic mass is 10.2. The largest absolute Gasteiger partial charge is 0.389 e. The summed E-state index contributed by atoms with van der Waals surface area (Å²) in [5.41, 5.74) is -0.170. The summed E-state index contributed by atoms with van der Waals surface area (Å²) in [5, 5.41) is 13.3. The Kier molecular flexibility index (Phi) is 4.64. The van der Waals surface area contributed by atoms with Crippen LogP contribution in [0.15, 0.2) is 0 Å². The summed E-state index contributed by atoms with van der Waals surface area (Å²) in [4.78, 5) is 2.58. The van der Waals surface area contributed by atoms with Crippen molar-refractivity contribution >= 4 is 0 Å². The van der Waals surface area contributed by atoms with Crippen LogP contribution in [-0.4, -0.2) is 60.0 Å². The van der Waals surface area contributed by atoms with E-state index in [1.807, 2.05) is 20.8 Å². The second kappa shape index (κ2) is 5.87. The van der Waals surface area contributed by atoms with Gasteiger partial charge in [-0.15, -0.1) is 0 Å². The van der Waals surface area contributed by atoms with Crippen LogP contribution >= 0.6 is 0 Å². The molecule has 0 aromatic heterocycles. The minimum atomic E-state index is -0.404.